The first-order chi connectivity index (χ1) is 7.33. The number of benzene rings is 1. The zero-order valence-corrected chi connectivity index (χ0v) is 9.24. The van der Waals surface area contributed by atoms with Crippen molar-refractivity contribution in [2.24, 2.45) is 0 Å². The van der Waals surface area contributed by atoms with Crippen LogP contribution < -0.4 is 5.73 Å². The van der Waals surface area contributed by atoms with Crippen LogP contribution in [0.3, 0.4) is 0 Å². The lowest BCUT2D eigenvalue weighted by molar-refractivity contribution is 0.0408. The van der Waals surface area contributed by atoms with Gasteiger partial charge in [0.2, 0.25) is 0 Å². The maximum absolute atomic E-state index is 5.58. The molecule has 0 aliphatic heterocycles. The third kappa shape index (κ3) is 5.40. The zero-order valence-electron chi connectivity index (χ0n) is 9.24. The lowest BCUT2D eigenvalue weighted by Crippen LogP contribution is -2.04. The largest absolute Gasteiger partial charge is 0.399 e. The molecule has 0 fully saturated rings. The summed E-state index contributed by atoms with van der Waals surface area (Å²) in [6.45, 7) is 4.84. The summed E-state index contributed by atoms with van der Waals surface area (Å²) < 4.78 is 10.7. The van der Waals surface area contributed by atoms with E-state index in [1.54, 1.807) is 0 Å². The fourth-order valence-electron chi connectivity index (χ4n) is 1.17. The van der Waals surface area contributed by atoms with Crippen molar-refractivity contribution in [2.45, 2.75) is 20.0 Å². The third-order valence-corrected chi connectivity index (χ3v) is 1.97. The van der Waals surface area contributed by atoms with E-state index in [9.17, 15) is 0 Å². The van der Waals surface area contributed by atoms with E-state index in [0.717, 1.165) is 24.3 Å². The van der Waals surface area contributed by atoms with Crippen molar-refractivity contribution in [1.29, 1.82) is 0 Å². The first-order valence-corrected chi connectivity index (χ1v) is 5.33. The molecule has 1 aromatic carbocycles. The van der Waals surface area contributed by atoms with Gasteiger partial charge in [-0.25, -0.2) is 0 Å². The van der Waals surface area contributed by atoms with Crippen molar-refractivity contribution in [3.8, 4) is 0 Å². The normalized spacial score (nSPS) is 10.5. The lowest BCUT2D eigenvalue weighted by Gasteiger charge is -2.05. The fraction of sp³-hybridized carbons (Fsp3) is 0.500. The van der Waals surface area contributed by atoms with E-state index in [2.05, 4.69) is 6.92 Å². The molecule has 0 unspecified atom stereocenters. The molecule has 2 N–H and O–H groups in total. The molecule has 0 aliphatic carbocycles. The molecular formula is C12H19NO2. The molecule has 0 atom stereocenters. The predicted octanol–water partition coefficient (Wildman–Crippen LogP) is 2.21. The molecule has 0 bridgehead atoms. The number of nitrogens with two attached hydrogens (primary N) is 1. The van der Waals surface area contributed by atoms with E-state index >= 15 is 0 Å². The van der Waals surface area contributed by atoms with Gasteiger partial charge in [-0.1, -0.05) is 19.1 Å². The Morgan fingerprint density at radius 2 is 1.67 bits per heavy atom. The molecule has 0 heterocycles. The average Bonchev–Trinajstić information content (AvgIpc) is 2.26. The Bertz CT molecular complexity index is 259. The molecule has 1 aromatic rings. The Morgan fingerprint density at radius 1 is 1.00 bits per heavy atom. The molecule has 0 aliphatic rings. The van der Waals surface area contributed by atoms with Gasteiger partial charge in [0.1, 0.15) is 0 Å². The number of hydrogen-bond acceptors (Lipinski definition) is 3. The van der Waals surface area contributed by atoms with Crippen LogP contribution in [-0.2, 0) is 16.1 Å². The van der Waals surface area contributed by atoms with Gasteiger partial charge in [0.05, 0.1) is 19.8 Å². The van der Waals surface area contributed by atoms with Crippen LogP contribution in [0.5, 0.6) is 0 Å². The van der Waals surface area contributed by atoms with Gasteiger partial charge in [-0.2, -0.15) is 0 Å². The van der Waals surface area contributed by atoms with Gasteiger partial charge in [0.25, 0.3) is 0 Å². The topological polar surface area (TPSA) is 44.5 Å². The Morgan fingerprint density at radius 3 is 2.33 bits per heavy atom. The van der Waals surface area contributed by atoms with Crippen molar-refractivity contribution in [3.63, 3.8) is 0 Å². The van der Waals surface area contributed by atoms with Gasteiger partial charge in [-0.15, -0.1) is 0 Å². The highest BCUT2D eigenvalue weighted by Crippen LogP contribution is 2.06. The first-order valence-electron chi connectivity index (χ1n) is 5.33. The molecule has 0 spiro atoms. The van der Waals surface area contributed by atoms with Crippen molar-refractivity contribution in [2.75, 3.05) is 25.6 Å². The highest BCUT2D eigenvalue weighted by atomic mass is 16.5. The Balaban J connectivity index is 2.07. The van der Waals surface area contributed by atoms with E-state index in [-0.39, 0.29) is 0 Å². The first kappa shape index (κ1) is 12.0. The molecule has 0 amide bonds. The minimum atomic E-state index is 0.621. The number of hydrogen-bond donors (Lipinski definition) is 1. The van der Waals surface area contributed by atoms with E-state index in [1.807, 2.05) is 24.3 Å². The van der Waals surface area contributed by atoms with E-state index < -0.39 is 0 Å². The summed E-state index contributed by atoms with van der Waals surface area (Å²) in [6, 6.07) is 7.71. The van der Waals surface area contributed by atoms with Crippen LogP contribution >= 0.6 is 0 Å². The molecule has 84 valence electrons. The minimum absolute atomic E-state index is 0.621. The molecule has 15 heavy (non-hydrogen) atoms. The average molecular weight is 209 g/mol. The second-order valence-corrected chi connectivity index (χ2v) is 3.41. The molecule has 0 radical (unpaired) electrons. The standard InChI is InChI=1S/C12H19NO2/c1-2-7-14-8-9-15-10-11-3-5-12(13)6-4-11/h3-6H,2,7-10,13H2,1H3. The monoisotopic (exact) mass is 209 g/mol. The molecule has 1 rings (SSSR count). The van der Waals surface area contributed by atoms with Crippen LogP contribution in [-0.4, -0.2) is 19.8 Å². The summed E-state index contributed by atoms with van der Waals surface area (Å²) in [7, 11) is 0. The fourth-order valence-corrected chi connectivity index (χ4v) is 1.17. The summed E-state index contributed by atoms with van der Waals surface area (Å²) in [5, 5.41) is 0. The third-order valence-electron chi connectivity index (χ3n) is 1.97. The molecule has 0 saturated carbocycles. The van der Waals surface area contributed by atoms with Crippen LogP contribution in [0, 0.1) is 0 Å². The summed E-state index contributed by atoms with van der Waals surface area (Å²) in [5.74, 6) is 0. The molecule has 3 nitrogen and oxygen atoms in total. The molecule has 0 aromatic heterocycles. The molecular weight excluding hydrogens is 190 g/mol. The number of ether oxygens (including phenoxy) is 2. The Hall–Kier alpha value is -1.06. The predicted molar refractivity (Wildman–Crippen MR) is 61.6 cm³/mol. The van der Waals surface area contributed by atoms with Crippen LogP contribution in [0.1, 0.15) is 18.9 Å². The smallest absolute Gasteiger partial charge is 0.0718 e. The van der Waals surface area contributed by atoms with Gasteiger partial charge in [0.15, 0.2) is 0 Å². The van der Waals surface area contributed by atoms with Gasteiger partial charge in [-0.3, -0.25) is 0 Å². The second-order valence-electron chi connectivity index (χ2n) is 3.41. The maximum atomic E-state index is 5.58. The summed E-state index contributed by atoms with van der Waals surface area (Å²) >= 11 is 0. The number of rotatable bonds is 7. The molecule has 0 saturated heterocycles. The lowest BCUT2D eigenvalue weighted by atomic mass is 10.2. The molecule has 3 heteroatoms. The van der Waals surface area contributed by atoms with Crippen molar-refractivity contribution < 1.29 is 9.47 Å². The quantitative estimate of drug-likeness (QED) is 0.553. The summed E-state index contributed by atoms with van der Waals surface area (Å²) in [6.07, 6.45) is 1.05. The van der Waals surface area contributed by atoms with Gasteiger partial charge >= 0.3 is 0 Å². The Kier molecular flexibility index (Phi) is 5.81. The van der Waals surface area contributed by atoms with Crippen molar-refractivity contribution >= 4 is 5.69 Å². The Labute approximate surface area is 91.2 Å². The number of nitrogen functional groups attached to an aromatic ring is 1. The van der Waals surface area contributed by atoms with E-state index in [0.29, 0.717) is 19.8 Å². The second kappa shape index (κ2) is 7.26. The zero-order chi connectivity index (χ0) is 10.9. The van der Waals surface area contributed by atoms with Crippen LogP contribution in [0.2, 0.25) is 0 Å². The minimum Gasteiger partial charge on any atom is -0.399 e. The highest BCUT2D eigenvalue weighted by Gasteiger charge is 1.93. The van der Waals surface area contributed by atoms with Gasteiger partial charge < -0.3 is 15.2 Å². The van der Waals surface area contributed by atoms with Crippen molar-refractivity contribution in [1.82, 2.24) is 0 Å². The van der Waals surface area contributed by atoms with E-state index in [4.69, 9.17) is 15.2 Å². The SMILES string of the molecule is CCCOCCOCc1ccc(N)cc1. The van der Waals surface area contributed by atoms with Crippen molar-refractivity contribution in [3.05, 3.63) is 29.8 Å². The summed E-state index contributed by atoms with van der Waals surface area (Å²) in [5.41, 5.74) is 7.50. The maximum Gasteiger partial charge on any atom is 0.0718 e. The summed E-state index contributed by atoms with van der Waals surface area (Å²) in [4.78, 5) is 0. The van der Waals surface area contributed by atoms with Gasteiger partial charge in [-0.05, 0) is 24.1 Å². The van der Waals surface area contributed by atoms with Crippen LogP contribution in [0.4, 0.5) is 5.69 Å². The van der Waals surface area contributed by atoms with Crippen LogP contribution in [0.15, 0.2) is 24.3 Å². The number of anilines is 1. The van der Waals surface area contributed by atoms with Gasteiger partial charge in [0, 0.05) is 12.3 Å². The van der Waals surface area contributed by atoms with Crippen LogP contribution in [0.25, 0.3) is 0 Å². The highest BCUT2D eigenvalue weighted by molar-refractivity contribution is 5.39. The van der Waals surface area contributed by atoms with E-state index in [1.165, 1.54) is 0 Å².